The molecular weight excluding hydrogens is 444 g/mol. The van der Waals surface area contributed by atoms with E-state index in [1.54, 1.807) is 12.1 Å². The lowest BCUT2D eigenvalue weighted by atomic mass is 9.97. The Kier molecular flexibility index (Phi) is 5.68. The van der Waals surface area contributed by atoms with Crippen molar-refractivity contribution in [1.82, 2.24) is 4.90 Å². The summed E-state index contributed by atoms with van der Waals surface area (Å²) in [4.78, 5) is 28.6. The molecule has 0 radical (unpaired) electrons. The van der Waals surface area contributed by atoms with Crippen LogP contribution < -0.4 is 5.32 Å². The number of hydrogen-bond donors (Lipinski definition) is 1. The standard InChI is InChI=1S/C29H23ClN2O2/c1-18-10-15-23(19(2)16-18)26-27(31-25-9-5-7-21-6-3-4-8-24(21)25)29(34)32(28(26)33)17-20-11-13-22(30)14-12-20/h3-16,31H,17H2,1-2H3. The molecule has 1 heterocycles. The van der Waals surface area contributed by atoms with Gasteiger partial charge in [0.15, 0.2) is 0 Å². The van der Waals surface area contributed by atoms with Gasteiger partial charge < -0.3 is 5.32 Å². The molecule has 2 amide bonds. The molecule has 0 bridgehead atoms. The highest BCUT2D eigenvalue weighted by atomic mass is 35.5. The third-order valence-corrected chi connectivity index (χ3v) is 6.37. The number of carbonyl (C=O) groups is 2. The largest absolute Gasteiger partial charge is 0.350 e. The van der Waals surface area contributed by atoms with E-state index in [1.165, 1.54) is 4.90 Å². The highest BCUT2D eigenvalue weighted by molar-refractivity contribution is 6.37. The minimum atomic E-state index is -0.345. The first-order valence-electron chi connectivity index (χ1n) is 11.1. The first-order valence-corrected chi connectivity index (χ1v) is 11.5. The monoisotopic (exact) mass is 466 g/mol. The summed E-state index contributed by atoms with van der Waals surface area (Å²) in [5.74, 6) is -0.655. The number of imide groups is 1. The van der Waals surface area contributed by atoms with E-state index >= 15 is 0 Å². The summed E-state index contributed by atoms with van der Waals surface area (Å²) in [5, 5.41) is 5.96. The lowest BCUT2D eigenvalue weighted by molar-refractivity contribution is -0.137. The Morgan fingerprint density at radius 2 is 1.56 bits per heavy atom. The number of fused-ring (bicyclic) bond motifs is 1. The van der Waals surface area contributed by atoms with Gasteiger partial charge in [-0.15, -0.1) is 0 Å². The van der Waals surface area contributed by atoms with Crippen molar-refractivity contribution in [2.75, 3.05) is 5.32 Å². The first kappa shape index (κ1) is 21.9. The van der Waals surface area contributed by atoms with Crippen molar-refractivity contribution in [3.63, 3.8) is 0 Å². The van der Waals surface area contributed by atoms with E-state index in [1.807, 2.05) is 86.6 Å². The summed E-state index contributed by atoms with van der Waals surface area (Å²) in [6.45, 7) is 4.14. The van der Waals surface area contributed by atoms with Crippen molar-refractivity contribution in [2.24, 2.45) is 0 Å². The Morgan fingerprint density at radius 3 is 2.32 bits per heavy atom. The number of benzene rings is 4. The van der Waals surface area contributed by atoms with Gasteiger partial charge in [-0.1, -0.05) is 83.9 Å². The van der Waals surface area contributed by atoms with E-state index in [2.05, 4.69) is 5.32 Å². The van der Waals surface area contributed by atoms with Crippen LogP contribution in [0.5, 0.6) is 0 Å². The fraction of sp³-hybridized carbons (Fsp3) is 0.103. The van der Waals surface area contributed by atoms with Gasteiger partial charge in [0.25, 0.3) is 11.8 Å². The topological polar surface area (TPSA) is 49.4 Å². The van der Waals surface area contributed by atoms with Gasteiger partial charge in [-0.05, 0) is 54.1 Å². The van der Waals surface area contributed by atoms with Crippen LogP contribution >= 0.6 is 11.6 Å². The molecule has 4 aromatic rings. The fourth-order valence-corrected chi connectivity index (χ4v) is 4.55. The normalized spacial score (nSPS) is 13.8. The van der Waals surface area contributed by atoms with E-state index in [9.17, 15) is 9.59 Å². The smallest absolute Gasteiger partial charge is 0.278 e. The van der Waals surface area contributed by atoms with Crippen molar-refractivity contribution in [3.8, 4) is 0 Å². The number of rotatable bonds is 5. The molecule has 34 heavy (non-hydrogen) atoms. The minimum Gasteiger partial charge on any atom is -0.350 e. The van der Waals surface area contributed by atoms with Crippen LogP contribution in [-0.2, 0) is 16.1 Å². The molecule has 4 nitrogen and oxygen atoms in total. The van der Waals surface area contributed by atoms with E-state index in [-0.39, 0.29) is 18.4 Å². The summed E-state index contributed by atoms with van der Waals surface area (Å²) in [6, 6.07) is 26.9. The zero-order chi connectivity index (χ0) is 23.8. The summed E-state index contributed by atoms with van der Waals surface area (Å²) in [5.41, 5.74) is 5.10. The summed E-state index contributed by atoms with van der Waals surface area (Å²) >= 11 is 6.01. The zero-order valence-electron chi connectivity index (χ0n) is 18.9. The second-order valence-corrected chi connectivity index (χ2v) is 8.98. The summed E-state index contributed by atoms with van der Waals surface area (Å²) in [6.07, 6.45) is 0. The predicted octanol–water partition coefficient (Wildman–Crippen LogP) is 6.50. The molecule has 0 saturated carbocycles. The molecule has 0 spiro atoms. The third-order valence-electron chi connectivity index (χ3n) is 6.12. The highest BCUT2D eigenvalue weighted by Crippen LogP contribution is 2.35. The van der Waals surface area contributed by atoms with Crippen LogP contribution in [0.15, 0.2) is 90.6 Å². The average Bonchev–Trinajstić information content (AvgIpc) is 3.05. The fourth-order valence-electron chi connectivity index (χ4n) is 4.42. The number of anilines is 1. The molecule has 0 atom stereocenters. The average molecular weight is 467 g/mol. The Labute approximate surface area is 203 Å². The number of halogens is 1. The molecule has 1 N–H and O–H groups in total. The van der Waals surface area contributed by atoms with Crippen molar-refractivity contribution in [2.45, 2.75) is 20.4 Å². The lowest BCUT2D eigenvalue weighted by Crippen LogP contribution is -2.32. The van der Waals surface area contributed by atoms with Crippen molar-refractivity contribution in [3.05, 3.63) is 118 Å². The quantitative estimate of drug-likeness (QED) is 0.341. The molecule has 168 valence electrons. The van der Waals surface area contributed by atoms with Crippen molar-refractivity contribution in [1.29, 1.82) is 0 Å². The molecule has 0 saturated heterocycles. The van der Waals surface area contributed by atoms with E-state index in [0.29, 0.717) is 16.3 Å². The van der Waals surface area contributed by atoms with Crippen LogP contribution in [0.2, 0.25) is 5.02 Å². The van der Waals surface area contributed by atoms with Crippen LogP contribution in [0.25, 0.3) is 16.3 Å². The van der Waals surface area contributed by atoms with Crippen molar-refractivity contribution < 1.29 is 9.59 Å². The number of carbonyl (C=O) groups excluding carboxylic acids is 2. The van der Waals surface area contributed by atoms with Gasteiger partial charge in [0.2, 0.25) is 0 Å². The maximum absolute atomic E-state index is 13.7. The highest BCUT2D eigenvalue weighted by Gasteiger charge is 2.39. The van der Waals surface area contributed by atoms with Gasteiger partial charge in [0, 0.05) is 16.1 Å². The van der Waals surface area contributed by atoms with Crippen LogP contribution in [0.3, 0.4) is 0 Å². The first-order chi connectivity index (χ1) is 16.4. The van der Waals surface area contributed by atoms with Gasteiger partial charge in [-0.2, -0.15) is 0 Å². The van der Waals surface area contributed by atoms with E-state index < -0.39 is 0 Å². The van der Waals surface area contributed by atoms with Gasteiger partial charge in [-0.25, -0.2) is 0 Å². The number of aryl methyl sites for hydroxylation is 2. The van der Waals surface area contributed by atoms with Crippen LogP contribution in [0, 0.1) is 13.8 Å². The Hall–Kier alpha value is -3.89. The number of hydrogen-bond acceptors (Lipinski definition) is 3. The van der Waals surface area contributed by atoms with E-state index in [4.69, 9.17) is 11.6 Å². The van der Waals surface area contributed by atoms with Crippen LogP contribution in [-0.4, -0.2) is 16.7 Å². The molecule has 0 aromatic heterocycles. The predicted molar refractivity (Wildman–Crippen MR) is 137 cm³/mol. The third kappa shape index (κ3) is 3.97. The van der Waals surface area contributed by atoms with Gasteiger partial charge >= 0.3 is 0 Å². The second-order valence-electron chi connectivity index (χ2n) is 8.54. The molecule has 4 aromatic carbocycles. The Bertz CT molecular complexity index is 1470. The van der Waals surface area contributed by atoms with Gasteiger partial charge in [-0.3, -0.25) is 14.5 Å². The van der Waals surface area contributed by atoms with Crippen LogP contribution in [0.4, 0.5) is 5.69 Å². The lowest BCUT2D eigenvalue weighted by Gasteiger charge is -2.16. The maximum Gasteiger partial charge on any atom is 0.278 e. The SMILES string of the molecule is Cc1ccc(C2=C(Nc3cccc4ccccc34)C(=O)N(Cc3ccc(Cl)cc3)C2=O)c(C)c1. The Morgan fingerprint density at radius 1 is 0.824 bits per heavy atom. The minimum absolute atomic E-state index is 0.171. The molecule has 0 aliphatic carbocycles. The number of nitrogens with zero attached hydrogens (tertiary/aromatic N) is 1. The maximum atomic E-state index is 13.7. The molecule has 1 aliphatic rings. The molecule has 1 aliphatic heterocycles. The molecule has 0 fully saturated rings. The molecule has 0 unspecified atom stereocenters. The van der Waals surface area contributed by atoms with Gasteiger partial charge in [0.1, 0.15) is 5.70 Å². The van der Waals surface area contributed by atoms with Crippen LogP contribution in [0.1, 0.15) is 22.3 Å². The molecule has 5 heteroatoms. The van der Waals surface area contributed by atoms with E-state index in [0.717, 1.165) is 38.7 Å². The van der Waals surface area contributed by atoms with Crippen molar-refractivity contribution >= 4 is 45.4 Å². The number of amides is 2. The number of nitrogens with one attached hydrogen (secondary N) is 1. The zero-order valence-corrected chi connectivity index (χ0v) is 19.7. The summed E-state index contributed by atoms with van der Waals surface area (Å²) < 4.78 is 0. The van der Waals surface area contributed by atoms with Gasteiger partial charge in [0.05, 0.1) is 12.1 Å². The molecular formula is C29H23ClN2O2. The second kappa shape index (κ2) is 8.81. The summed E-state index contributed by atoms with van der Waals surface area (Å²) in [7, 11) is 0. The molecule has 5 rings (SSSR count). The Balaban J connectivity index is 1.61.